The van der Waals surface area contributed by atoms with Crippen LogP contribution in [0.15, 0.2) is 48.6 Å². The van der Waals surface area contributed by atoms with Crippen LogP contribution < -0.4 is 0 Å². The molecule has 71 heavy (non-hydrogen) atoms. The summed E-state index contributed by atoms with van der Waals surface area (Å²) in [5.74, 6) is -0.409. The summed E-state index contributed by atoms with van der Waals surface area (Å²) in [6.07, 6.45) is 53.0. The van der Waals surface area contributed by atoms with Crippen LogP contribution in [-0.2, 0) is 38.3 Å². The number of esters is 1. The maximum Gasteiger partial charge on any atom is 0.397 e. The second-order valence-corrected chi connectivity index (χ2v) is 20.9. The molecule has 0 saturated carbocycles. The van der Waals surface area contributed by atoms with Crippen molar-refractivity contribution in [3.05, 3.63) is 48.6 Å². The summed E-state index contributed by atoms with van der Waals surface area (Å²) >= 11 is 0. The average Bonchev–Trinajstić information content (AvgIpc) is 3.35. The van der Waals surface area contributed by atoms with E-state index in [1.807, 2.05) is 0 Å². The maximum atomic E-state index is 12.9. The van der Waals surface area contributed by atoms with Crippen LogP contribution in [0, 0.1) is 0 Å². The minimum atomic E-state index is -5.07. The molecule has 0 aromatic carbocycles. The molecule has 1 aliphatic heterocycles. The zero-order valence-corrected chi connectivity index (χ0v) is 45.9. The fraction of sp³-hybridized carbons (Fsp3) is 0.845. The van der Waals surface area contributed by atoms with Crippen molar-refractivity contribution in [1.82, 2.24) is 0 Å². The molecule has 0 radical (unpaired) electrons. The lowest BCUT2D eigenvalue weighted by molar-refractivity contribution is -0.301. The molecule has 0 amide bonds. The van der Waals surface area contributed by atoms with E-state index in [2.05, 4.69) is 66.6 Å². The number of hydrogen-bond acceptors (Lipinski definition) is 11. The molecule has 0 spiro atoms. The lowest BCUT2D eigenvalue weighted by Crippen LogP contribution is -2.60. The topological polar surface area (TPSA) is 178 Å². The van der Waals surface area contributed by atoms with Gasteiger partial charge in [-0.2, -0.15) is 8.42 Å². The van der Waals surface area contributed by atoms with Gasteiger partial charge in [-0.1, -0.05) is 242 Å². The average molecular weight is 1030 g/mol. The predicted molar refractivity (Wildman–Crippen MR) is 290 cm³/mol. The van der Waals surface area contributed by atoms with Crippen LogP contribution in [0.2, 0.25) is 0 Å². The highest BCUT2D eigenvalue weighted by Crippen LogP contribution is 2.26. The first-order valence-corrected chi connectivity index (χ1v) is 30.3. The number of aliphatic hydroxyl groups is 3. The third kappa shape index (κ3) is 42.0. The van der Waals surface area contributed by atoms with E-state index in [1.165, 1.54) is 141 Å². The smallest absolute Gasteiger partial charge is 0.397 e. The first kappa shape index (κ1) is 67.1. The van der Waals surface area contributed by atoms with E-state index in [0.717, 1.165) is 83.5 Å². The fourth-order valence-electron chi connectivity index (χ4n) is 8.90. The molecule has 13 heteroatoms. The van der Waals surface area contributed by atoms with Crippen LogP contribution in [0.5, 0.6) is 0 Å². The molecule has 0 aromatic rings. The van der Waals surface area contributed by atoms with Gasteiger partial charge in [0, 0.05) is 13.0 Å². The van der Waals surface area contributed by atoms with Gasteiger partial charge in [0.15, 0.2) is 6.29 Å². The lowest BCUT2D eigenvalue weighted by Gasteiger charge is -2.41. The molecule has 1 fully saturated rings. The molecule has 0 aliphatic carbocycles. The largest absolute Gasteiger partial charge is 0.457 e. The molecule has 0 aromatic heterocycles. The summed E-state index contributed by atoms with van der Waals surface area (Å²) in [7, 11) is -5.07. The Hall–Kier alpha value is -1.94. The predicted octanol–water partition coefficient (Wildman–Crippen LogP) is 14.3. The molecule has 12 nitrogen and oxygen atoms in total. The first-order valence-electron chi connectivity index (χ1n) is 28.9. The molecule has 416 valence electrons. The quantitative estimate of drug-likeness (QED) is 0.0196. The molecule has 1 heterocycles. The summed E-state index contributed by atoms with van der Waals surface area (Å²) in [5.41, 5.74) is 0. The minimum Gasteiger partial charge on any atom is -0.457 e. The van der Waals surface area contributed by atoms with Crippen molar-refractivity contribution >= 4 is 16.4 Å². The van der Waals surface area contributed by atoms with Gasteiger partial charge in [-0.25, -0.2) is 4.18 Å². The summed E-state index contributed by atoms with van der Waals surface area (Å²) < 4.78 is 59.4. The van der Waals surface area contributed by atoms with Gasteiger partial charge in [0.25, 0.3) is 0 Å². The molecular formula is C58H106O12S. The molecule has 4 N–H and O–H groups in total. The summed E-state index contributed by atoms with van der Waals surface area (Å²) in [6.45, 7) is 3.91. The van der Waals surface area contributed by atoms with Crippen LogP contribution in [0.4, 0.5) is 0 Å². The summed E-state index contributed by atoms with van der Waals surface area (Å²) in [6, 6.07) is 0. The fourth-order valence-corrected chi connectivity index (χ4v) is 9.41. The van der Waals surface area contributed by atoms with Gasteiger partial charge in [-0.15, -0.1) is 0 Å². The van der Waals surface area contributed by atoms with Gasteiger partial charge < -0.3 is 34.3 Å². The van der Waals surface area contributed by atoms with Crippen LogP contribution in [-0.4, -0.2) is 97.5 Å². The molecule has 6 unspecified atom stereocenters. The number of carbonyl (C=O) groups excluding carboxylic acids is 1. The van der Waals surface area contributed by atoms with Gasteiger partial charge in [-0.05, 0) is 51.4 Å². The first-order chi connectivity index (χ1) is 34.6. The monoisotopic (exact) mass is 1030 g/mol. The van der Waals surface area contributed by atoms with E-state index in [4.69, 9.17) is 18.9 Å². The normalized spacial score (nSPS) is 19.3. The van der Waals surface area contributed by atoms with Crippen molar-refractivity contribution in [3.63, 3.8) is 0 Å². The highest BCUT2D eigenvalue weighted by atomic mass is 32.3. The van der Waals surface area contributed by atoms with Gasteiger partial charge in [0.1, 0.15) is 30.5 Å². The van der Waals surface area contributed by atoms with Crippen molar-refractivity contribution < 1.29 is 56.2 Å². The SMILES string of the molecule is CC/C=C\C/C=C\C/C=C\C/C=C\CCCCCCCCC(=O)OC(COCCCCCCCCCCCCCCCCCCCCCCCCCCC)COC1OC(CO)C(O)C(OS(=O)(=O)O)C1O. The van der Waals surface area contributed by atoms with Gasteiger partial charge in [0.2, 0.25) is 0 Å². The zero-order valence-electron chi connectivity index (χ0n) is 45.0. The van der Waals surface area contributed by atoms with Crippen LogP contribution >= 0.6 is 0 Å². The number of aliphatic hydroxyl groups excluding tert-OH is 3. The Morgan fingerprint density at radius 1 is 0.549 bits per heavy atom. The van der Waals surface area contributed by atoms with Crippen LogP contribution in [0.1, 0.15) is 251 Å². The molecule has 6 atom stereocenters. The molecule has 0 bridgehead atoms. The summed E-state index contributed by atoms with van der Waals surface area (Å²) in [5, 5.41) is 30.8. The number of unbranched alkanes of at least 4 members (excludes halogenated alkanes) is 30. The molecule has 1 aliphatic rings. The molecule has 1 saturated heterocycles. The van der Waals surface area contributed by atoms with Gasteiger partial charge in [-0.3, -0.25) is 9.35 Å². The Kier molecular flexibility index (Phi) is 46.3. The second kappa shape index (κ2) is 49.0. The second-order valence-electron chi connectivity index (χ2n) is 19.9. The minimum absolute atomic E-state index is 0.0320. The van der Waals surface area contributed by atoms with Gasteiger partial charge in [0.05, 0.1) is 19.8 Å². The van der Waals surface area contributed by atoms with Crippen molar-refractivity contribution in [3.8, 4) is 0 Å². The van der Waals surface area contributed by atoms with Crippen molar-refractivity contribution in [2.45, 2.75) is 288 Å². The van der Waals surface area contributed by atoms with Gasteiger partial charge >= 0.3 is 16.4 Å². The Bertz CT molecular complexity index is 1420. The Morgan fingerprint density at radius 2 is 0.972 bits per heavy atom. The van der Waals surface area contributed by atoms with E-state index in [0.29, 0.717) is 13.0 Å². The third-order valence-electron chi connectivity index (χ3n) is 13.2. The lowest BCUT2D eigenvalue weighted by atomic mass is 9.99. The molecule has 1 rings (SSSR count). The Labute approximate surface area is 434 Å². The van der Waals surface area contributed by atoms with Crippen LogP contribution in [0.25, 0.3) is 0 Å². The highest BCUT2D eigenvalue weighted by Gasteiger charge is 2.48. The highest BCUT2D eigenvalue weighted by molar-refractivity contribution is 7.80. The number of rotatable bonds is 51. The van der Waals surface area contributed by atoms with E-state index in [1.54, 1.807) is 0 Å². The van der Waals surface area contributed by atoms with Crippen molar-refractivity contribution in [2.24, 2.45) is 0 Å². The Balaban J connectivity index is 2.28. The number of allylic oxidation sites excluding steroid dienone is 8. The van der Waals surface area contributed by atoms with Crippen molar-refractivity contribution in [1.29, 1.82) is 0 Å². The summed E-state index contributed by atoms with van der Waals surface area (Å²) in [4.78, 5) is 12.9. The Morgan fingerprint density at radius 3 is 1.42 bits per heavy atom. The number of ether oxygens (including phenoxy) is 4. The number of hydrogen-bond donors (Lipinski definition) is 4. The van der Waals surface area contributed by atoms with E-state index < -0.39 is 59.8 Å². The van der Waals surface area contributed by atoms with E-state index >= 15 is 0 Å². The molecular weight excluding hydrogens is 921 g/mol. The standard InChI is InChI=1S/C58H106O12S/c1-3-5-7-9-11-13-15-17-19-21-23-24-25-26-27-28-30-32-34-36-38-40-42-44-46-48-66-50-52(51-67-58-56(62)57(70-71(63,64)65)55(61)53(49-59)69-58)68-54(60)47-45-43-41-39-37-35-33-31-29-22-20-18-16-14-12-10-8-6-4-2/h6,8,12,14,18,20,29,31,52-53,55-59,61-62H,3-5,7,9-11,13,15-17,19,21-28,30,32-51H2,1-2H3,(H,63,64,65)/b8-6-,14-12-,20-18-,31-29-. The zero-order chi connectivity index (χ0) is 51.7. The number of carbonyl (C=O) groups is 1. The maximum absolute atomic E-state index is 12.9. The third-order valence-corrected chi connectivity index (χ3v) is 13.7. The van der Waals surface area contributed by atoms with E-state index in [-0.39, 0.29) is 19.6 Å². The van der Waals surface area contributed by atoms with Crippen molar-refractivity contribution in [2.75, 3.05) is 26.4 Å². The van der Waals surface area contributed by atoms with E-state index in [9.17, 15) is 33.1 Å². The van der Waals surface area contributed by atoms with Crippen LogP contribution in [0.3, 0.4) is 0 Å².